The van der Waals surface area contributed by atoms with Crippen molar-refractivity contribution in [2.24, 2.45) is 0 Å². The number of hydrogen-bond donors (Lipinski definition) is 1. The Kier molecular flexibility index (Phi) is 9.17. The van der Waals surface area contributed by atoms with Gasteiger partial charge in [0.05, 0.1) is 11.9 Å². The molecule has 2 aromatic rings. The molecule has 2 amide bonds. The maximum atomic E-state index is 13.8. The van der Waals surface area contributed by atoms with E-state index in [0.29, 0.717) is 12.1 Å². The van der Waals surface area contributed by atoms with Gasteiger partial charge in [-0.05, 0) is 68.9 Å². The highest BCUT2D eigenvalue weighted by atomic mass is 32.2. The van der Waals surface area contributed by atoms with Gasteiger partial charge in [0, 0.05) is 12.6 Å². The minimum Gasteiger partial charge on any atom is -0.352 e. The van der Waals surface area contributed by atoms with E-state index in [1.165, 1.54) is 4.90 Å². The topological polar surface area (TPSA) is 86.8 Å². The van der Waals surface area contributed by atoms with Crippen molar-refractivity contribution >= 4 is 27.5 Å². The number of nitrogens with zero attached hydrogens (tertiary/aromatic N) is 2. The van der Waals surface area contributed by atoms with E-state index in [-0.39, 0.29) is 25.0 Å². The number of rotatable bonds is 10. The van der Waals surface area contributed by atoms with E-state index in [1.807, 2.05) is 58.0 Å². The number of amides is 2. The summed E-state index contributed by atoms with van der Waals surface area (Å²) in [6.07, 6.45) is 5.61. The van der Waals surface area contributed by atoms with Crippen LogP contribution >= 0.6 is 0 Å². The Morgan fingerprint density at radius 3 is 2.31 bits per heavy atom. The number of benzene rings is 2. The summed E-state index contributed by atoms with van der Waals surface area (Å²) in [5.41, 5.74) is 4.36. The molecule has 0 spiro atoms. The van der Waals surface area contributed by atoms with Crippen LogP contribution in [0.5, 0.6) is 0 Å². The lowest BCUT2D eigenvalue weighted by atomic mass is 10.1. The summed E-state index contributed by atoms with van der Waals surface area (Å²) in [7, 11) is -3.74. The van der Waals surface area contributed by atoms with Gasteiger partial charge in [-0.3, -0.25) is 13.9 Å². The van der Waals surface area contributed by atoms with Crippen LogP contribution in [-0.4, -0.2) is 50.0 Å². The fourth-order valence-corrected chi connectivity index (χ4v) is 5.63. The predicted octanol–water partition coefficient (Wildman–Crippen LogP) is 4.24. The second-order valence-corrected chi connectivity index (χ2v) is 11.9. The first-order valence-corrected chi connectivity index (χ1v) is 14.5. The first-order valence-electron chi connectivity index (χ1n) is 12.7. The lowest BCUT2D eigenvalue weighted by Crippen LogP contribution is -2.53. The average molecular weight is 514 g/mol. The van der Waals surface area contributed by atoms with E-state index >= 15 is 0 Å². The maximum Gasteiger partial charge on any atom is 0.244 e. The molecule has 0 aliphatic heterocycles. The van der Waals surface area contributed by atoms with Crippen molar-refractivity contribution in [3.8, 4) is 0 Å². The van der Waals surface area contributed by atoms with E-state index in [1.54, 1.807) is 12.1 Å². The number of carbonyl (C=O) groups is 2. The molecular formula is C28H39N3O4S. The summed E-state index contributed by atoms with van der Waals surface area (Å²) in [5.74, 6) is -0.587. The Hall–Kier alpha value is -2.87. The van der Waals surface area contributed by atoms with E-state index in [2.05, 4.69) is 5.32 Å². The number of anilines is 1. The van der Waals surface area contributed by atoms with Crippen LogP contribution < -0.4 is 9.62 Å². The van der Waals surface area contributed by atoms with Crippen LogP contribution in [0.15, 0.2) is 42.5 Å². The van der Waals surface area contributed by atoms with E-state index < -0.39 is 22.0 Å². The van der Waals surface area contributed by atoms with Crippen LogP contribution in [0.25, 0.3) is 0 Å². The molecule has 2 aromatic carbocycles. The SMILES string of the molecule is CC[C@H](C(=O)NC1CCCC1)N(Cc1cccc(C)c1)C(=O)CN(c1ccc(C)c(C)c1)S(C)(=O)=O. The monoisotopic (exact) mass is 513 g/mol. The van der Waals surface area contributed by atoms with Crippen molar-refractivity contribution in [2.75, 3.05) is 17.1 Å². The first-order chi connectivity index (χ1) is 17.0. The highest BCUT2D eigenvalue weighted by molar-refractivity contribution is 7.92. The van der Waals surface area contributed by atoms with Gasteiger partial charge < -0.3 is 10.2 Å². The molecule has 1 fully saturated rings. The summed E-state index contributed by atoms with van der Waals surface area (Å²) in [4.78, 5) is 28.7. The standard InChI is InChI=1S/C28H39N3O4S/c1-6-26(28(33)29-24-12-7-8-13-24)30(18-23-11-9-10-20(2)16-23)27(32)19-31(36(5,34)35)25-15-14-21(3)22(4)17-25/h9-11,14-17,24,26H,6-8,12-13,18-19H2,1-5H3,(H,29,33)/t26-/m1/s1. The molecule has 0 saturated heterocycles. The number of aryl methyl sites for hydroxylation is 3. The van der Waals surface area contributed by atoms with E-state index in [9.17, 15) is 18.0 Å². The van der Waals surface area contributed by atoms with Crippen molar-refractivity contribution in [3.63, 3.8) is 0 Å². The van der Waals surface area contributed by atoms with Gasteiger partial charge in [0.2, 0.25) is 21.8 Å². The Labute approximate surface area is 215 Å². The zero-order valence-electron chi connectivity index (χ0n) is 22.1. The van der Waals surface area contributed by atoms with Crippen LogP contribution in [0.1, 0.15) is 61.3 Å². The molecule has 1 saturated carbocycles. The molecule has 8 heteroatoms. The number of carbonyl (C=O) groups excluding carboxylic acids is 2. The third-order valence-electron chi connectivity index (χ3n) is 6.98. The van der Waals surface area contributed by atoms with Gasteiger partial charge in [-0.25, -0.2) is 8.42 Å². The fraction of sp³-hybridized carbons (Fsp3) is 0.500. The van der Waals surface area contributed by atoms with Crippen LogP contribution in [0, 0.1) is 20.8 Å². The molecule has 36 heavy (non-hydrogen) atoms. The van der Waals surface area contributed by atoms with Gasteiger partial charge in [0.25, 0.3) is 0 Å². The van der Waals surface area contributed by atoms with Gasteiger partial charge >= 0.3 is 0 Å². The van der Waals surface area contributed by atoms with Gasteiger partial charge in [-0.1, -0.05) is 55.7 Å². The third-order valence-corrected chi connectivity index (χ3v) is 8.12. The summed E-state index contributed by atoms with van der Waals surface area (Å²) < 4.78 is 26.7. The Morgan fingerprint density at radius 1 is 1.03 bits per heavy atom. The molecule has 0 bridgehead atoms. The van der Waals surface area contributed by atoms with Gasteiger partial charge in [-0.15, -0.1) is 0 Å². The van der Waals surface area contributed by atoms with Crippen molar-refractivity contribution in [3.05, 3.63) is 64.7 Å². The Morgan fingerprint density at radius 2 is 1.72 bits per heavy atom. The summed E-state index contributed by atoms with van der Waals surface area (Å²) in [6, 6.07) is 12.6. The largest absolute Gasteiger partial charge is 0.352 e. The smallest absolute Gasteiger partial charge is 0.244 e. The van der Waals surface area contributed by atoms with E-state index in [0.717, 1.165) is 58.5 Å². The molecule has 1 N–H and O–H groups in total. The molecule has 0 unspecified atom stereocenters. The summed E-state index contributed by atoms with van der Waals surface area (Å²) in [6.45, 7) is 7.57. The van der Waals surface area contributed by atoms with Crippen molar-refractivity contribution < 1.29 is 18.0 Å². The zero-order valence-corrected chi connectivity index (χ0v) is 22.9. The average Bonchev–Trinajstić information content (AvgIpc) is 3.31. The molecule has 1 aliphatic rings. The molecule has 0 radical (unpaired) electrons. The van der Waals surface area contributed by atoms with Gasteiger partial charge in [0.1, 0.15) is 12.6 Å². The van der Waals surface area contributed by atoms with Gasteiger partial charge in [-0.2, -0.15) is 0 Å². The maximum absolute atomic E-state index is 13.8. The molecule has 7 nitrogen and oxygen atoms in total. The third kappa shape index (κ3) is 7.09. The van der Waals surface area contributed by atoms with Crippen molar-refractivity contribution in [1.82, 2.24) is 10.2 Å². The van der Waals surface area contributed by atoms with Crippen LogP contribution in [0.4, 0.5) is 5.69 Å². The minimum absolute atomic E-state index is 0.130. The van der Waals surface area contributed by atoms with Gasteiger partial charge in [0.15, 0.2) is 0 Å². The second-order valence-electron chi connectivity index (χ2n) is 9.96. The Balaban J connectivity index is 1.93. The highest BCUT2D eigenvalue weighted by Crippen LogP contribution is 2.23. The first kappa shape index (κ1) is 27.7. The molecule has 0 heterocycles. The zero-order chi connectivity index (χ0) is 26.5. The number of nitrogens with one attached hydrogen (secondary N) is 1. The van der Waals surface area contributed by atoms with Crippen LogP contribution in [0.3, 0.4) is 0 Å². The minimum atomic E-state index is -3.74. The molecular weight excluding hydrogens is 474 g/mol. The molecule has 196 valence electrons. The summed E-state index contributed by atoms with van der Waals surface area (Å²) >= 11 is 0. The summed E-state index contributed by atoms with van der Waals surface area (Å²) in [5, 5.41) is 3.13. The quantitative estimate of drug-likeness (QED) is 0.515. The molecule has 1 atom stereocenters. The van der Waals surface area contributed by atoms with Crippen LogP contribution in [-0.2, 0) is 26.2 Å². The predicted molar refractivity (Wildman–Crippen MR) is 144 cm³/mol. The second kappa shape index (κ2) is 11.9. The van der Waals surface area contributed by atoms with Crippen LogP contribution in [0.2, 0.25) is 0 Å². The number of hydrogen-bond acceptors (Lipinski definition) is 4. The van der Waals surface area contributed by atoms with Crippen molar-refractivity contribution in [1.29, 1.82) is 0 Å². The molecule has 3 rings (SSSR count). The lowest BCUT2D eigenvalue weighted by molar-refractivity contribution is -0.140. The molecule has 0 aromatic heterocycles. The molecule has 1 aliphatic carbocycles. The van der Waals surface area contributed by atoms with Crippen molar-refractivity contribution in [2.45, 2.75) is 78.4 Å². The fourth-order valence-electron chi connectivity index (χ4n) is 4.79. The Bertz CT molecular complexity index is 1190. The lowest BCUT2D eigenvalue weighted by Gasteiger charge is -2.33. The van der Waals surface area contributed by atoms with E-state index in [4.69, 9.17) is 0 Å². The highest BCUT2D eigenvalue weighted by Gasteiger charge is 2.33. The normalized spacial score (nSPS) is 14.9. The number of sulfonamides is 1.